The van der Waals surface area contributed by atoms with E-state index >= 15 is 0 Å². The van der Waals surface area contributed by atoms with E-state index in [4.69, 9.17) is 9.72 Å². The predicted molar refractivity (Wildman–Crippen MR) is 129 cm³/mol. The first kappa shape index (κ1) is 22.5. The van der Waals surface area contributed by atoms with Crippen molar-refractivity contribution in [2.24, 2.45) is 0 Å². The van der Waals surface area contributed by atoms with Gasteiger partial charge in [-0.15, -0.1) is 0 Å². The number of rotatable bonds is 7. The summed E-state index contributed by atoms with van der Waals surface area (Å²) in [5.41, 5.74) is 3.09. The molecule has 0 radical (unpaired) electrons. The van der Waals surface area contributed by atoms with E-state index < -0.39 is 11.6 Å². The number of halogens is 2. The Balaban J connectivity index is 1.41. The SMILES string of the molecule is CN1CCC(NC(c2cccc(OCc3cccc(F)c3F)c2)c2nc3ccccc3[nH]2)CC1. The molecule has 0 bridgehead atoms. The van der Waals surface area contributed by atoms with Crippen LogP contribution in [0.1, 0.15) is 35.8 Å². The van der Waals surface area contributed by atoms with Crippen LogP contribution in [0.15, 0.2) is 66.7 Å². The summed E-state index contributed by atoms with van der Waals surface area (Å²) in [5, 5.41) is 3.80. The number of hydrogen-bond acceptors (Lipinski definition) is 4. The molecule has 0 spiro atoms. The molecule has 7 heteroatoms. The zero-order valence-corrected chi connectivity index (χ0v) is 19.1. The van der Waals surface area contributed by atoms with E-state index in [2.05, 4.69) is 22.2 Å². The van der Waals surface area contributed by atoms with Crippen molar-refractivity contribution in [2.45, 2.75) is 31.5 Å². The quantitative estimate of drug-likeness (QED) is 0.397. The molecule has 1 aromatic heterocycles. The first-order chi connectivity index (χ1) is 16.6. The van der Waals surface area contributed by atoms with Gasteiger partial charge in [0.1, 0.15) is 18.2 Å². The molecule has 1 aliphatic heterocycles. The van der Waals surface area contributed by atoms with Crippen molar-refractivity contribution >= 4 is 11.0 Å². The highest BCUT2D eigenvalue weighted by atomic mass is 19.2. The van der Waals surface area contributed by atoms with Crippen molar-refractivity contribution in [3.63, 3.8) is 0 Å². The van der Waals surface area contributed by atoms with Crippen molar-refractivity contribution in [1.29, 1.82) is 0 Å². The van der Waals surface area contributed by atoms with E-state index in [1.165, 1.54) is 12.1 Å². The lowest BCUT2D eigenvalue weighted by Crippen LogP contribution is -2.42. The summed E-state index contributed by atoms with van der Waals surface area (Å²) >= 11 is 0. The third-order valence-electron chi connectivity index (χ3n) is 6.42. The van der Waals surface area contributed by atoms with Crippen LogP contribution in [0.5, 0.6) is 5.75 Å². The fourth-order valence-electron chi connectivity index (χ4n) is 4.46. The summed E-state index contributed by atoms with van der Waals surface area (Å²) in [7, 11) is 2.15. The number of imidazole rings is 1. The van der Waals surface area contributed by atoms with Crippen molar-refractivity contribution in [3.8, 4) is 5.75 Å². The van der Waals surface area contributed by atoms with Crippen LogP contribution in [0, 0.1) is 11.6 Å². The van der Waals surface area contributed by atoms with Crippen LogP contribution in [0.3, 0.4) is 0 Å². The number of nitrogens with zero attached hydrogens (tertiary/aromatic N) is 2. The van der Waals surface area contributed by atoms with Gasteiger partial charge in [-0.05, 0) is 68.9 Å². The number of H-pyrrole nitrogens is 1. The third-order valence-corrected chi connectivity index (χ3v) is 6.42. The van der Waals surface area contributed by atoms with Crippen LogP contribution in [-0.2, 0) is 6.61 Å². The van der Waals surface area contributed by atoms with Gasteiger partial charge in [-0.3, -0.25) is 0 Å². The van der Waals surface area contributed by atoms with Crippen LogP contribution < -0.4 is 10.1 Å². The lowest BCUT2D eigenvalue weighted by molar-refractivity contribution is 0.228. The van der Waals surface area contributed by atoms with E-state index in [9.17, 15) is 8.78 Å². The summed E-state index contributed by atoms with van der Waals surface area (Å²) in [5.74, 6) is -0.314. The van der Waals surface area contributed by atoms with Gasteiger partial charge in [-0.1, -0.05) is 36.4 Å². The Kier molecular flexibility index (Phi) is 6.56. The van der Waals surface area contributed by atoms with Crippen LogP contribution in [0.25, 0.3) is 11.0 Å². The van der Waals surface area contributed by atoms with Crippen molar-refractivity contribution < 1.29 is 13.5 Å². The largest absolute Gasteiger partial charge is 0.489 e. The summed E-state index contributed by atoms with van der Waals surface area (Å²) in [6.07, 6.45) is 2.12. The maximum absolute atomic E-state index is 14.0. The minimum atomic E-state index is -0.873. The highest BCUT2D eigenvalue weighted by Gasteiger charge is 2.25. The standard InChI is InChI=1S/C27H28F2N4O/c1-33-14-12-20(13-15-33)30-26(27-31-23-10-2-3-11-24(23)32-27)18-6-4-8-21(16-18)34-17-19-7-5-9-22(28)25(19)29/h2-11,16,20,26,30H,12-15,17H2,1H3,(H,31,32). The zero-order valence-electron chi connectivity index (χ0n) is 19.1. The van der Waals surface area contributed by atoms with Gasteiger partial charge >= 0.3 is 0 Å². The molecule has 0 amide bonds. The number of aromatic nitrogens is 2. The maximum atomic E-state index is 14.0. The van der Waals surface area contributed by atoms with Crippen LogP contribution in [0.2, 0.25) is 0 Å². The second-order valence-electron chi connectivity index (χ2n) is 8.89. The number of nitrogens with one attached hydrogen (secondary N) is 2. The van der Waals surface area contributed by atoms with Gasteiger partial charge in [0.25, 0.3) is 0 Å². The molecule has 2 heterocycles. The van der Waals surface area contributed by atoms with Crippen LogP contribution in [0.4, 0.5) is 8.78 Å². The fourth-order valence-corrected chi connectivity index (χ4v) is 4.46. The monoisotopic (exact) mass is 462 g/mol. The molecular weight excluding hydrogens is 434 g/mol. The molecule has 3 aromatic carbocycles. The Labute approximate surface area is 197 Å². The minimum absolute atomic E-state index is 0.0509. The van der Waals surface area contributed by atoms with E-state index in [1.54, 1.807) is 0 Å². The Morgan fingerprint density at radius 1 is 1.06 bits per heavy atom. The smallest absolute Gasteiger partial charge is 0.165 e. The van der Waals surface area contributed by atoms with Gasteiger partial charge in [0.05, 0.1) is 17.1 Å². The molecule has 34 heavy (non-hydrogen) atoms. The van der Waals surface area contributed by atoms with E-state index in [0.29, 0.717) is 11.8 Å². The highest BCUT2D eigenvalue weighted by Crippen LogP contribution is 2.28. The molecule has 5 rings (SSSR count). The highest BCUT2D eigenvalue weighted by molar-refractivity contribution is 5.75. The molecular formula is C27H28F2N4O. The van der Waals surface area contributed by atoms with Gasteiger partial charge in [0.2, 0.25) is 0 Å². The lowest BCUT2D eigenvalue weighted by Gasteiger charge is -2.32. The normalized spacial score (nSPS) is 16.1. The Morgan fingerprint density at radius 2 is 1.85 bits per heavy atom. The lowest BCUT2D eigenvalue weighted by atomic mass is 10.0. The average Bonchev–Trinajstić information content (AvgIpc) is 3.29. The van der Waals surface area contributed by atoms with Crippen LogP contribution in [-0.4, -0.2) is 41.0 Å². The minimum Gasteiger partial charge on any atom is -0.489 e. The number of ether oxygens (including phenoxy) is 1. The van der Waals surface area contributed by atoms with Crippen LogP contribution >= 0.6 is 0 Å². The van der Waals surface area contributed by atoms with E-state index in [-0.39, 0.29) is 18.2 Å². The second kappa shape index (κ2) is 9.91. The molecule has 0 saturated carbocycles. The number of para-hydroxylation sites is 2. The Hall–Kier alpha value is -3.29. The topological polar surface area (TPSA) is 53.2 Å². The number of piperidine rings is 1. The number of likely N-dealkylation sites (tertiary alicyclic amines) is 1. The summed E-state index contributed by atoms with van der Waals surface area (Å²) < 4.78 is 33.4. The maximum Gasteiger partial charge on any atom is 0.165 e. The number of aromatic amines is 1. The molecule has 176 valence electrons. The van der Waals surface area contributed by atoms with E-state index in [0.717, 1.165) is 54.4 Å². The second-order valence-corrected chi connectivity index (χ2v) is 8.89. The molecule has 5 nitrogen and oxygen atoms in total. The first-order valence-electron chi connectivity index (χ1n) is 11.6. The van der Waals surface area contributed by atoms with Crippen molar-refractivity contribution in [1.82, 2.24) is 20.2 Å². The predicted octanol–water partition coefficient (Wildman–Crippen LogP) is 5.19. The molecule has 1 atom stereocenters. The zero-order chi connectivity index (χ0) is 23.5. The van der Waals surface area contributed by atoms with Gasteiger partial charge in [-0.25, -0.2) is 13.8 Å². The molecule has 2 N–H and O–H groups in total. The molecule has 4 aromatic rings. The summed E-state index contributed by atoms with van der Waals surface area (Å²) in [6.45, 7) is 2.05. The molecule has 0 aliphatic carbocycles. The number of hydrogen-bond donors (Lipinski definition) is 2. The molecule has 1 aliphatic rings. The summed E-state index contributed by atoms with van der Waals surface area (Å²) in [4.78, 5) is 10.7. The van der Waals surface area contributed by atoms with Gasteiger partial charge in [0, 0.05) is 11.6 Å². The molecule has 1 unspecified atom stereocenters. The summed E-state index contributed by atoms with van der Waals surface area (Å²) in [6, 6.07) is 20.0. The van der Waals surface area contributed by atoms with E-state index in [1.807, 2.05) is 48.5 Å². The number of benzene rings is 3. The Morgan fingerprint density at radius 3 is 2.68 bits per heavy atom. The number of fused-ring (bicyclic) bond motifs is 1. The average molecular weight is 463 g/mol. The third kappa shape index (κ3) is 4.95. The Bertz CT molecular complexity index is 1230. The van der Waals surface area contributed by atoms with Gasteiger partial charge in [0.15, 0.2) is 11.6 Å². The van der Waals surface area contributed by atoms with Crippen molar-refractivity contribution in [2.75, 3.05) is 20.1 Å². The fraction of sp³-hybridized carbons (Fsp3) is 0.296. The van der Waals surface area contributed by atoms with Gasteiger partial charge < -0.3 is 19.9 Å². The van der Waals surface area contributed by atoms with Gasteiger partial charge in [-0.2, -0.15) is 0 Å². The molecule has 1 saturated heterocycles. The van der Waals surface area contributed by atoms with Crippen molar-refractivity contribution in [3.05, 3.63) is 95.3 Å². The molecule has 1 fully saturated rings. The first-order valence-corrected chi connectivity index (χ1v) is 11.6.